The van der Waals surface area contributed by atoms with Crippen molar-refractivity contribution in [1.29, 1.82) is 0 Å². The second kappa shape index (κ2) is 6.62. The van der Waals surface area contributed by atoms with Crippen LogP contribution >= 0.6 is 0 Å². The van der Waals surface area contributed by atoms with Crippen LogP contribution in [0.15, 0.2) is 18.3 Å². The Hall–Kier alpha value is -0.800. The van der Waals surface area contributed by atoms with Crippen molar-refractivity contribution in [2.75, 3.05) is 33.7 Å². The average molecular weight is 195 g/mol. The number of H-pyrrole nitrogens is 1. The van der Waals surface area contributed by atoms with Crippen molar-refractivity contribution in [3.63, 3.8) is 0 Å². The molecule has 0 aliphatic carbocycles. The fraction of sp³-hybridized carbons (Fsp3) is 0.636. The maximum absolute atomic E-state index is 3.22. The molecule has 80 valence electrons. The van der Waals surface area contributed by atoms with Gasteiger partial charge in [0, 0.05) is 24.9 Å². The van der Waals surface area contributed by atoms with E-state index < -0.39 is 0 Å². The summed E-state index contributed by atoms with van der Waals surface area (Å²) in [6.07, 6.45) is 4.32. The standard InChI is InChI=1S/C11H21N3/c1-12-7-4-9-14(2)10-6-11-5-3-8-13-11/h3,5,8,12-13H,4,6-7,9-10H2,1-2H3. The summed E-state index contributed by atoms with van der Waals surface area (Å²) in [5, 5.41) is 3.16. The summed E-state index contributed by atoms with van der Waals surface area (Å²) in [4.78, 5) is 5.59. The maximum Gasteiger partial charge on any atom is 0.0159 e. The highest BCUT2D eigenvalue weighted by molar-refractivity contribution is 5.03. The number of hydrogen-bond acceptors (Lipinski definition) is 2. The van der Waals surface area contributed by atoms with Crippen LogP contribution in [-0.2, 0) is 6.42 Å². The number of nitrogens with one attached hydrogen (secondary N) is 2. The SMILES string of the molecule is CNCCCN(C)CCc1ccc[nH]1. The molecule has 3 heteroatoms. The van der Waals surface area contributed by atoms with Crippen molar-refractivity contribution in [2.45, 2.75) is 12.8 Å². The highest BCUT2D eigenvalue weighted by Gasteiger charge is 1.98. The fourth-order valence-corrected chi connectivity index (χ4v) is 1.47. The molecule has 0 amide bonds. The maximum atomic E-state index is 3.22. The van der Waals surface area contributed by atoms with Gasteiger partial charge < -0.3 is 15.2 Å². The van der Waals surface area contributed by atoms with Gasteiger partial charge in [-0.25, -0.2) is 0 Å². The second-order valence-corrected chi connectivity index (χ2v) is 3.71. The zero-order valence-electron chi connectivity index (χ0n) is 9.21. The van der Waals surface area contributed by atoms with Gasteiger partial charge in [0.2, 0.25) is 0 Å². The minimum Gasteiger partial charge on any atom is -0.365 e. The van der Waals surface area contributed by atoms with Gasteiger partial charge in [-0.3, -0.25) is 0 Å². The highest BCUT2D eigenvalue weighted by atomic mass is 15.1. The van der Waals surface area contributed by atoms with Crippen LogP contribution in [0.2, 0.25) is 0 Å². The molecule has 1 aromatic heterocycles. The molecule has 2 N–H and O–H groups in total. The van der Waals surface area contributed by atoms with E-state index in [-0.39, 0.29) is 0 Å². The van der Waals surface area contributed by atoms with Crippen LogP contribution in [0.25, 0.3) is 0 Å². The first kappa shape index (κ1) is 11.3. The molecule has 0 radical (unpaired) electrons. The molecule has 0 bridgehead atoms. The molecule has 14 heavy (non-hydrogen) atoms. The van der Waals surface area contributed by atoms with Crippen LogP contribution in [0, 0.1) is 0 Å². The Balaban J connectivity index is 2.06. The number of rotatable bonds is 7. The van der Waals surface area contributed by atoms with Crippen molar-refractivity contribution >= 4 is 0 Å². The van der Waals surface area contributed by atoms with Crippen molar-refractivity contribution in [2.24, 2.45) is 0 Å². The van der Waals surface area contributed by atoms with Crippen molar-refractivity contribution in [3.8, 4) is 0 Å². The monoisotopic (exact) mass is 195 g/mol. The lowest BCUT2D eigenvalue weighted by Crippen LogP contribution is -2.25. The van der Waals surface area contributed by atoms with E-state index in [0.717, 1.165) is 19.5 Å². The van der Waals surface area contributed by atoms with E-state index in [1.54, 1.807) is 0 Å². The predicted molar refractivity (Wildman–Crippen MR) is 60.5 cm³/mol. The highest BCUT2D eigenvalue weighted by Crippen LogP contribution is 1.97. The molecule has 1 heterocycles. The van der Waals surface area contributed by atoms with Crippen LogP contribution in [0.4, 0.5) is 0 Å². The molecular formula is C11H21N3. The minimum atomic E-state index is 1.10. The zero-order chi connectivity index (χ0) is 10.2. The van der Waals surface area contributed by atoms with Crippen molar-refractivity contribution in [1.82, 2.24) is 15.2 Å². The Morgan fingerprint density at radius 2 is 2.29 bits per heavy atom. The smallest absolute Gasteiger partial charge is 0.0159 e. The number of aromatic amines is 1. The van der Waals surface area contributed by atoms with Gasteiger partial charge in [0.15, 0.2) is 0 Å². The Kier molecular flexibility index (Phi) is 5.33. The third-order valence-corrected chi connectivity index (χ3v) is 2.39. The molecule has 0 saturated carbocycles. The first-order valence-electron chi connectivity index (χ1n) is 5.28. The van der Waals surface area contributed by atoms with E-state index in [0.29, 0.717) is 0 Å². The van der Waals surface area contributed by atoms with Crippen molar-refractivity contribution in [3.05, 3.63) is 24.0 Å². The molecule has 0 aliphatic rings. The van der Waals surface area contributed by atoms with E-state index in [9.17, 15) is 0 Å². The fourth-order valence-electron chi connectivity index (χ4n) is 1.47. The molecule has 1 rings (SSSR count). The van der Waals surface area contributed by atoms with Gasteiger partial charge in [-0.2, -0.15) is 0 Å². The Morgan fingerprint density at radius 1 is 1.43 bits per heavy atom. The molecule has 0 spiro atoms. The number of likely N-dealkylation sites (N-methyl/N-ethyl adjacent to an activating group) is 1. The summed E-state index contributed by atoms with van der Waals surface area (Å²) in [7, 11) is 4.18. The van der Waals surface area contributed by atoms with Gasteiger partial charge in [0.1, 0.15) is 0 Å². The molecule has 0 unspecified atom stereocenters. The third kappa shape index (κ3) is 4.44. The van der Waals surface area contributed by atoms with Crippen molar-refractivity contribution < 1.29 is 0 Å². The minimum absolute atomic E-state index is 1.10. The molecule has 0 aromatic carbocycles. The summed E-state index contributed by atoms with van der Waals surface area (Å²) < 4.78 is 0. The van der Waals surface area contributed by atoms with Gasteiger partial charge in [0.05, 0.1) is 0 Å². The van der Waals surface area contributed by atoms with Crippen LogP contribution in [-0.4, -0.2) is 43.6 Å². The zero-order valence-corrected chi connectivity index (χ0v) is 9.21. The van der Waals surface area contributed by atoms with Crippen LogP contribution < -0.4 is 5.32 Å². The quantitative estimate of drug-likeness (QED) is 0.638. The first-order chi connectivity index (χ1) is 6.83. The van der Waals surface area contributed by atoms with Crippen LogP contribution in [0.3, 0.4) is 0 Å². The van der Waals surface area contributed by atoms with E-state index in [4.69, 9.17) is 0 Å². The number of nitrogens with zero attached hydrogens (tertiary/aromatic N) is 1. The summed E-state index contributed by atoms with van der Waals surface area (Å²) in [5.41, 5.74) is 1.32. The van der Waals surface area contributed by atoms with E-state index in [1.807, 2.05) is 13.2 Å². The van der Waals surface area contributed by atoms with Gasteiger partial charge in [-0.1, -0.05) is 0 Å². The van der Waals surface area contributed by atoms with Crippen LogP contribution in [0.1, 0.15) is 12.1 Å². The predicted octanol–water partition coefficient (Wildman–Crippen LogP) is 1.10. The van der Waals surface area contributed by atoms with E-state index >= 15 is 0 Å². The molecule has 0 fully saturated rings. The molecule has 0 aliphatic heterocycles. The summed E-state index contributed by atoms with van der Waals surface area (Å²) in [6.45, 7) is 3.40. The van der Waals surface area contributed by atoms with Crippen LogP contribution in [0.5, 0.6) is 0 Å². The molecular weight excluding hydrogens is 174 g/mol. The Bertz CT molecular complexity index is 218. The number of aromatic nitrogens is 1. The lowest BCUT2D eigenvalue weighted by molar-refractivity contribution is 0.331. The lowest BCUT2D eigenvalue weighted by Gasteiger charge is -2.15. The molecule has 3 nitrogen and oxygen atoms in total. The molecule has 0 saturated heterocycles. The first-order valence-corrected chi connectivity index (χ1v) is 5.28. The van der Waals surface area contributed by atoms with Gasteiger partial charge in [0.25, 0.3) is 0 Å². The lowest BCUT2D eigenvalue weighted by atomic mass is 10.3. The second-order valence-electron chi connectivity index (χ2n) is 3.71. The van der Waals surface area contributed by atoms with Gasteiger partial charge in [-0.05, 0) is 45.7 Å². The normalized spacial score (nSPS) is 11.1. The summed E-state index contributed by atoms with van der Waals surface area (Å²) in [6, 6.07) is 4.19. The summed E-state index contributed by atoms with van der Waals surface area (Å²) >= 11 is 0. The van der Waals surface area contributed by atoms with E-state index in [2.05, 4.69) is 34.4 Å². The molecule has 1 aromatic rings. The van der Waals surface area contributed by atoms with Gasteiger partial charge >= 0.3 is 0 Å². The number of hydrogen-bond donors (Lipinski definition) is 2. The third-order valence-electron chi connectivity index (χ3n) is 2.39. The Morgan fingerprint density at radius 3 is 2.93 bits per heavy atom. The topological polar surface area (TPSA) is 31.1 Å². The Labute approximate surface area is 86.5 Å². The van der Waals surface area contributed by atoms with E-state index in [1.165, 1.54) is 18.7 Å². The summed E-state index contributed by atoms with van der Waals surface area (Å²) in [5.74, 6) is 0. The largest absolute Gasteiger partial charge is 0.365 e. The van der Waals surface area contributed by atoms with Gasteiger partial charge in [-0.15, -0.1) is 0 Å². The molecule has 0 atom stereocenters. The average Bonchev–Trinajstić information content (AvgIpc) is 2.68.